The Morgan fingerprint density at radius 3 is 2.19 bits per heavy atom. The second-order valence-electron chi connectivity index (χ2n) is 8.07. The summed E-state index contributed by atoms with van der Waals surface area (Å²) in [5.74, 6) is -1.13. The number of hydrogen-bond acceptors (Lipinski definition) is 5. The molecule has 2 aliphatic heterocycles. The molecule has 2 amide bonds. The molecule has 170 valence electrons. The van der Waals surface area contributed by atoms with Crippen molar-refractivity contribution in [3.05, 3.63) is 66.0 Å². The molecule has 2 aromatic rings. The summed E-state index contributed by atoms with van der Waals surface area (Å²) in [4.78, 5) is 29.7. The predicted octanol–water partition coefficient (Wildman–Crippen LogP) is 2.35. The van der Waals surface area contributed by atoms with Crippen LogP contribution in [-0.4, -0.2) is 73.1 Å². The standard InChI is InChI=1S/C23H26FN3O4S/c24-19-11-9-18(10-12-19)22(28)27-13-5-4-8-21(23(27)29)25-14-16-26(17-15-25)32(30,31)20-6-2-1-3-7-20/h1-3,6-7,9-12,21H,4-5,8,13-17H2/t21-/m1/s1. The van der Waals surface area contributed by atoms with Crippen molar-refractivity contribution in [3.63, 3.8) is 0 Å². The number of hydrogen-bond donors (Lipinski definition) is 0. The summed E-state index contributed by atoms with van der Waals surface area (Å²) >= 11 is 0. The van der Waals surface area contributed by atoms with E-state index in [9.17, 15) is 22.4 Å². The number of nitrogens with zero attached hydrogens (tertiary/aromatic N) is 3. The molecule has 0 unspecified atom stereocenters. The van der Waals surface area contributed by atoms with Gasteiger partial charge in [-0.05, 0) is 55.7 Å². The molecule has 0 N–H and O–H groups in total. The molecule has 0 bridgehead atoms. The third-order valence-corrected chi connectivity index (χ3v) is 8.00. The van der Waals surface area contributed by atoms with E-state index < -0.39 is 27.8 Å². The van der Waals surface area contributed by atoms with Crippen LogP contribution in [0.3, 0.4) is 0 Å². The summed E-state index contributed by atoms with van der Waals surface area (Å²) in [7, 11) is -3.57. The van der Waals surface area contributed by atoms with Crippen molar-refractivity contribution in [2.75, 3.05) is 32.7 Å². The van der Waals surface area contributed by atoms with Crippen LogP contribution in [0.25, 0.3) is 0 Å². The van der Waals surface area contributed by atoms with Crippen molar-refractivity contribution in [2.24, 2.45) is 0 Å². The number of benzene rings is 2. The van der Waals surface area contributed by atoms with E-state index in [1.54, 1.807) is 30.3 Å². The number of carbonyl (C=O) groups is 2. The maximum Gasteiger partial charge on any atom is 0.260 e. The number of rotatable bonds is 4. The van der Waals surface area contributed by atoms with Crippen LogP contribution in [0, 0.1) is 5.82 Å². The summed E-state index contributed by atoms with van der Waals surface area (Å²) in [5.41, 5.74) is 0.277. The molecule has 32 heavy (non-hydrogen) atoms. The van der Waals surface area contributed by atoms with Crippen LogP contribution in [0.15, 0.2) is 59.5 Å². The summed E-state index contributed by atoms with van der Waals surface area (Å²) in [6.07, 6.45) is 2.13. The van der Waals surface area contributed by atoms with Crippen molar-refractivity contribution in [1.82, 2.24) is 14.1 Å². The number of piperazine rings is 1. The third-order valence-electron chi connectivity index (χ3n) is 6.09. The minimum Gasteiger partial charge on any atom is -0.289 e. The summed E-state index contributed by atoms with van der Waals surface area (Å²) < 4.78 is 40.4. The van der Waals surface area contributed by atoms with Gasteiger partial charge in [-0.15, -0.1) is 0 Å². The Bertz CT molecular complexity index is 1070. The van der Waals surface area contributed by atoms with Crippen molar-refractivity contribution in [1.29, 1.82) is 0 Å². The molecule has 0 radical (unpaired) electrons. The Morgan fingerprint density at radius 2 is 1.53 bits per heavy atom. The van der Waals surface area contributed by atoms with Gasteiger partial charge in [-0.2, -0.15) is 4.31 Å². The fourth-order valence-corrected chi connectivity index (χ4v) is 5.75. The lowest BCUT2D eigenvalue weighted by molar-refractivity contribution is -0.134. The van der Waals surface area contributed by atoms with Gasteiger partial charge in [-0.1, -0.05) is 18.2 Å². The van der Waals surface area contributed by atoms with Crippen LogP contribution in [0.2, 0.25) is 0 Å². The van der Waals surface area contributed by atoms with Crippen LogP contribution in [-0.2, 0) is 14.8 Å². The monoisotopic (exact) mass is 459 g/mol. The molecule has 0 saturated carbocycles. The lowest BCUT2D eigenvalue weighted by Crippen LogP contribution is -2.56. The highest BCUT2D eigenvalue weighted by molar-refractivity contribution is 7.89. The molecule has 9 heteroatoms. The summed E-state index contributed by atoms with van der Waals surface area (Å²) in [6.45, 7) is 1.73. The first-order valence-electron chi connectivity index (χ1n) is 10.8. The van der Waals surface area contributed by atoms with E-state index in [4.69, 9.17) is 0 Å². The second-order valence-corrected chi connectivity index (χ2v) is 10.0. The van der Waals surface area contributed by atoms with Gasteiger partial charge >= 0.3 is 0 Å². The minimum absolute atomic E-state index is 0.259. The molecular formula is C23H26FN3O4S. The number of imide groups is 1. The van der Waals surface area contributed by atoms with E-state index in [0.29, 0.717) is 32.5 Å². The van der Waals surface area contributed by atoms with Crippen molar-refractivity contribution >= 4 is 21.8 Å². The molecule has 0 aromatic heterocycles. The van der Waals surface area contributed by atoms with Crippen molar-refractivity contribution < 1.29 is 22.4 Å². The second kappa shape index (κ2) is 9.48. The molecule has 7 nitrogen and oxygen atoms in total. The van der Waals surface area contributed by atoms with Gasteiger partial charge in [0.15, 0.2) is 0 Å². The molecule has 0 aliphatic carbocycles. The van der Waals surface area contributed by atoms with Gasteiger partial charge in [0.1, 0.15) is 5.82 Å². The largest absolute Gasteiger partial charge is 0.289 e. The number of likely N-dealkylation sites (tertiary alicyclic amines) is 1. The van der Waals surface area contributed by atoms with Gasteiger partial charge in [0.25, 0.3) is 5.91 Å². The van der Waals surface area contributed by atoms with E-state index in [-0.39, 0.29) is 29.5 Å². The number of amides is 2. The smallest absolute Gasteiger partial charge is 0.260 e. The van der Waals surface area contributed by atoms with Gasteiger partial charge in [-0.3, -0.25) is 19.4 Å². The zero-order chi connectivity index (χ0) is 22.7. The summed E-state index contributed by atoms with van der Waals surface area (Å²) in [6, 6.07) is 13.0. The van der Waals surface area contributed by atoms with Crippen LogP contribution < -0.4 is 0 Å². The van der Waals surface area contributed by atoms with Gasteiger partial charge in [-0.25, -0.2) is 12.8 Å². The SMILES string of the molecule is O=C(c1ccc(F)cc1)N1CCCC[C@@H](N2CCN(S(=O)(=O)c3ccccc3)CC2)C1=O. The third kappa shape index (κ3) is 4.60. The van der Waals surface area contributed by atoms with E-state index in [0.717, 1.165) is 6.42 Å². The van der Waals surface area contributed by atoms with Gasteiger partial charge in [0.2, 0.25) is 15.9 Å². The van der Waals surface area contributed by atoms with Crippen LogP contribution in [0.4, 0.5) is 4.39 Å². The molecule has 2 heterocycles. The Kier molecular flexibility index (Phi) is 6.68. The molecule has 2 fully saturated rings. The fourth-order valence-electron chi connectivity index (χ4n) is 4.31. The number of carbonyl (C=O) groups excluding carboxylic acids is 2. The Balaban J connectivity index is 1.45. The number of halogens is 1. The van der Waals surface area contributed by atoms with E-state index in [2.05, 4.69) is 0 Å². The zero-order valence-electron chi connectivity index (χ0n) is 17.7. The van der Waals surface area contributed by atoms with Crippen molar-refractivity contribution in [3.8, 4) is 0 Å². The topological polar surface area (TPSA) is 78.0 Å². The first kappa shape index (κ1) is 22.6. The highest BCUT2D eigenvalue weighted by Gasteiger charge is 2.38. The average Bonchev–Trinajstić information content (AvgIpc) is 3.01. The minimum atomic E-state index is -3.57. The van der Waals surface area contributed by atoms with E-state index in [1.807, 2.05) is 4.90 Å². The molecule has 2 saturated heterocycles. The van der Waals surface area contributed by atoms with Crippen LogP contribution >= 0.6 is 0 Å². The van der Waals surface area contributed by atoms with E-state index >= 15 is 0 Å². The average molecular weight is 460 g/mol. The first-order valence-corrected chi connectivity index (χ1v) is 12.2. The fraction of sp³-hybridized carbons (Fsp3) is 0.391. The lowest BCUT2D eigenvalue weighted by Gasteiger charge is -2.38. The van der Waals surface area contributed by atoms with Crippen LogP contribution in [0.5, 0.6) is 0 Å². The molecule has 2 aromatic carbocycles. The van der Waals surface area contributed by atoms with Gasteiger partial charge in [0.05, 0.1) is 10.9 Å². The molecule has 4 rings (SSSR count). The normalized spacial score (nSPS) is 21.3. The van der Waals surface area contributed by atoms with Gasteiger partial charge < -0.3 is 0 Å². The Hall–Kier alpha value is -2.62. The molecule has 1 atom stereocenters. The predicted molar refractivity (Wildman–Crippen MR) is 117 cm³/mol. The molecule has 2 aliphatic rings. The molecular weight excluding hydrogens is 433 g/mol. The first-order chi connectivity index (χ1) is 15.4. The van der Waals surface area contributed by atoms with Crippen LogP contribution in [0.1, 0.15) is 29.6 Å². The summed E-state index contributed by atoms with van der Waals surface area (Å²) in [5, 5.41) is 0. The zero-order valence-corrected chi connectivity index (χ0v) is 18.5. The highest BCUT2D eigenvalue weighted by Crippen LogP contribution is 2.23. The maximum atomic E-state index is 13.3. The Morgan fingerprint density at radius 1 is 0.875 bits per heavy atom. The Labute approximate surface area is 187 Å². The van der Waals surface area contributed by atoms with Gasteiger partial charge in [0, 0.05) is 38.3 Å². The molecule has 0 spiro atoms. The number of sulfonamides is 1. The highest BCUT2D eigenvalue weighted by atomic mass is 32.2. The van der Waals surface area contributed by atoms with Crippen molar-refractivity contribution in [2.45, 2.75) is 30.2 Å². The van der Waals surface area contributed by atoms with E-state index in [1.165, 1.54) is 33.5 Å². The quantitative estimate of drug-likeness (QED) is 0.656. The maximum absolute atomic E-state index is 13.3. The lowest BCUT2D eigenvalue weighted by atomic mass is 10.1.